The van der Waals surface area contributed by atoms with E-state index in [2.05, 4.69) is 12.2 Å². The number of hydrogen-bond acceptors (Lipinski definition) is 2. The largest absolute Gasteiger partial charge is 0.390 e. The van der Waals surface area contributed by atoms with Crippen molar-refractivity contribution in [1.29, 1.82) is 0 Å². The molecule has 1 atom stereocenters. The fourth-order valence-electron chi connectivity index (χ4n) is 3.28. The third kappa shape index (κ3) is 11.8. The van der Waals surface area contributed by atoms with Gasteiger partial charge in [0.1, 0.15) is 0 Å². The summed E-state index contributed by atoms with van der Waals surface area (Å²) in [6.45, 7) is 4.98. The fourth-order valence-corrected chi connectivity index (χ4v) is 3.28. The molecule has 0 amide bonds. The van der Waals surface area contributed by atoms with Crippen LogP contribution in [0.5, 0.6) is 0 Å². The molecule has 138 valence electrons. The first-order valence-corrected chi connectivity index (χ1v) is 9.54. The van der Waals surface area contributed by atoms with E-state index in [-0.39, 0.29) is 6.54 Å². The van der Waals surface area contributed by atoms with Crippen LogP contribution >= 0.6 is 0 Å². The number of hydrogen-bond donors (Lipinski definition) is 1. The minimum absolute atomic E-state index is 0.152. The van der Waals surface area contributed by atoms with E-state index in [0.717, 1.165) is 32.5 Å². The van der Waals surface area contributed by atoms with Crippen molar-refractivity contribution in [3.05, 3.63) is 0 Å². The number of alkyl halides is 3. The highest BCUT2D eigenvalue weighted by Gasteiger charge is 2.29. The van der Waals surface area contributed by atoms with E-state index in [1.807, 2.05) is 4.90 Å². The molecule has 1 saturated heterocycles. The molecule has 1 rings (SSSR count). The Labute approximate surface area is 140 Å². The zero-order chi connectivity index (χ0) is 17.0. The van der Waals surface area contributed by atoms with Crippen molar-refractivity contribution in [2.75, 3.05) is 26.2 Å². The lowest BCUT2D eigenvalue weighted by atomic mass is 10.0. The van der Waals surface area contributed by atoms with Crippen LogP contribution in [0.3, 0.4) is 0 Å². The molecule has 0 saturated carbocycles. The maximum absolute atomic E-state index is 12.3. The van der Waals surface area contributed by atoms with Crippen LogP contribution in [0.15, 0.2) is 0 Å². The van der Waals surface area contributed by atoms with Crippen molar-refractivity contribution in [2.45, 2.75) is 89.8 Å². The molecule has 0 aliphatic carbocycles. The monoisotopic (exact) mass is 336 g/mol. The quantitative estimate of drug-likeness (QED) is 0.497. The van der Waals surface area contributed by atoms with Gasteiger partial charge in [0, 0.05) is 19.1 Å². The van der Waals surface area contributed by atoms with Gasteiger partial charge in [-0.05, 0) is 32.4 Å². The first kappa shape index (κ1) is 20.8. The smallest absolute Gasteiger partial charge is 0.313 e. The van der Waals surface area contributed by atoms with Gasteiger partial charge in [-0.1, -0.05) is 51.9 Å². The number of nitrogens with one attached hydrogen (secondary N) is 1. The highest BCUT2D eigenvalue weighted by molar-refractivity contribution is 4.78. The lowest BCUT2D eigenvalue weighted by Gasteiger charge is -2.33. The molecule has 1 N–H and O–H groups in total. The van der Waals surface area contributed by atoms with E-state index in [1.165, 1.54) is 51.4 Å². The van der Waals surface area contributed by atoms with Crippen molar-refractivity contribution in [2.24, 2.45) is 0 Å². The lowest BCUT2D eigenvalue weighted by Crippen LogP contribution is -2.46. The fraction of sp³-hybridized carbons (Fsp3) is 1.00. The predicted octanol–water partition coefficient (Wildman–Crippen LogP) is 5.13. The first-order chi connectivity index (χ1) is 11.0. The van der Waals surface area contributed by atoms with Gasteiger partial charge >= 0.3 is 6.18 Å². The summed E-state index contributed by atoms with van der Waals surface area (Å²) in [5.74, 6) is 0. The molecule has 1 aliphatic rings. The topological polar surface area (TPSA) is 15.3 Å². The van der Waals surface area contributed by atoms with Gasteiger partial charge in [-0.2, -0.15) is 13.2 Å². The van der Waals surface area contributed by atoms with Gasteiger partial charge in [0.05, 0.1) is 6.42 Å². The average molecular weight is 336 g/mol. The molecular weight excluding hydrogens is 301 g/mol. The van der Waals surface area contributed by atoms with Crippen LogP contribution in [-0.2, 0) is 0 Å². The summed E-state index contributed by atoms with van der Waals surface area (Å²) >= 11 is 0. The highest BCUT2D eigenvalue weighted by Crippen LogP contribution is 2.21. The van der Waals surface area contributed by atoms with E-state index in [9.17, 15) is 13.2 Å². The first-order valence-electron chi connectivity index (χ1n) is 9.54. The molecule has 0 spiro atoms. The van der Waals surface area contributed by atoms with Gasteiger partial charge in [0.2, 0.25) is 0 Å². The van der Waals surface area contributed by atoms with Crippen LogP contribution < -0.4 is 5.32 Å². The number of halogens is 3. The molecule has 23 heavy (non-hydrogen) atoms. The van der Waals surface area contributed by atoms with Gasteiger partial charge < -0.3 is 10.2 Å². The molecule has 2 nitrogen and oxygen atoms in total. The Bertz CT molecular complexity index is 282. The van der Waals surface area contributed by atoms with E-state index in [4.69, 9.17) is 0 Å². The van der Waals surface area contributed by atoms with Crippen LogP contribution in [0.25, 0.3) is 0 Å². The lowest BCUT2D eigenvalue weighted by molar-refractivity contribution is -0.138. The molecule has 5 heteroatoms. The molecule has 0 aromatic heterocycles. The number of piperidine rings is 1. The summed E-state index contributed by atoms with van der Waals surface area (Å²) < 4.78 is 36.9. The molecule has 0 radical (unpaired) electrons. The van der Waals surface area contributed by atoms with Crippen LogP contribution in [0.1, 0.15) is 77.6 Å². The molecule has 0 aromatic carbocycles. The maximum Gasteiger partial charge on any atom is 0.390 e. The highest BCUT2D eigenvalue weighted by atomic mass is 19.4. The Morgan fingerprint density at radius 2 is 1.65 bits per heavy atom. The summed E-state index contributed by atoms with van der Waals surface area (Å²) in [4.78, 5) is 1.96. The summed E-state index contributed by atoms with van der Waals surface area (Å²) in [7, 11) is 0. The van der Waals surface area contributed by atoms with Crippen molar-refractivity contribution in [1.82, 2.24) is 10.2 Å². The number of unbranched alkanes of at least 4 members (excludes halogenated alkanes) is 7. The van der Waals surface area contributed by atoms with Crippen LogP contribution in [0.2, 0.25) is 0 Å². The minimum atomic E-state index is -4.03. The summed E-state index contributed by atoms with van der Waals surface area (Å²) in [5.41, 5.74) is 0. The van der Waals surface area contributed by atoms with E-state index < -0.39 is 12.6 Å². The second-order valence-electron chi connectivity index (χ2n) is 6.93. The van der Waals surface area contributed by atoms with Crippen molar-refractivity contribution < 1.29 is 13.2 Å². The Kier molecular flexibility index (Phi) is 10.9. The van der Waals surface area contributed by atoms with Gasteiger partial charge in [0.15, 0.2) is 0 Å². The Morgan fingerprint density at radius 3 is 2.30 bits per heavy atom. The van der Waals surface area contributed by atoms with Crippen LogP contribution in [-0.4, -0.2) is 43.3 Å². The van der Waals surface area contributed by atoms with Gasteiger partial charge in [-0.15, -0.1) is 0 Å². The molecule has 1 aliphatic heterocycles. The predicted molar refractivity (Wildman–Crippen MR) is 90.7 cm³/mol. The summed E-state index contributed by atoms with van der Waals surface area (Å²) in [6, 6.07) is 0.376. The second-order valence-corrected chi connectivity index (χ2v) is 6.93. The van der Waals surface area contributed by atoms with Crippen molar-refractivity contribution >= 4 is 0 Å². The number of rotatable bonds is 12. The van der Waals surface area contributed by atoms with Gasteiger partial charge in [-0.25, -0.2) is 0 Å². The van der Waals surface area contributed by atoms with Gasteiger partial charge in [0.25, 0.3) is 0 Å². The van der Waals surface area contributed by atoms with Gasteiger partial charge in [-0.3, -0.25) is 0 Å². The molecule has 0 unspecified atom stereocenters. The zero-order valence-electron chi connectivity index (χ0n) is 14.8. The summed E-state index contributed by atoms with van der Waals surface area (Å²) in [6.07, 6.45) is 7.88. The third-order valence-electron chi connectivity index (χ3n) is 4.68. The number of nitrogens with zero attached hydrogens (tertiary/aromatic N) is 1. The molecular formula is C18H35F3N2. The minimum Gasteiger partial charge on any atom is -0.313 e. The normalized spacial score (nSPS) is 20.1. The standard InChI is InChI=1S/C18H35F3N2/c1-2-3-4-5-6-7-8-9-13-22-17-11-10-14-23(16-17)15-12-18(19,20)21/h17,22H,2-16H2,1H3/t17-/m1/s1. The molecule has 0 bridgehead atoms. The summed E-state index contributed by atoms with van der Waals surface area (Å²) in [5, 5.41) is 3.54. The average Bonchev–Trinajstić information content (AvgIpc) is 2.51. The third-order valence-corrected chi connectivity index (χ3v) is 4.68. The van der Waals surface area contributed by atoms with E-state index >= 15 is 0 Å². The Hall–Kier alpha value is -0.290. The Morgan fingerprint density at radius 1 is 1.00 bits per heavy atom. The maximum atomic E-state index is 12.3. The zero-order valence-corrected chi connectivity index (χ0v) is 14.8. The van der Waals surface area contributed by atoms with E-state index in [0.29, 0.717) is 6.04 Å². The molecule has 1 heterocycles. The van der Waals surface area contributed by atoms with E-state index in [1.54, 1.807) is 0 Å². The van der Waals surface area contributed by atoms with Crippen LogP contribution in [0.4, 0.5) is 13.2 Å². The van der Waals surface area contributed by atoms with Crippen molar-refractivity contribution in [3.63, 3.8) is 0 Å². The Balaban J connectivity index is 1.98. The van der Waals surface area contributed by atoms with Crippen molar-refractivity contribution in [3.8, 4) is 0 Å². The molecule has 0 aromatic rings. The molecule has 1 fully saturated rings. The SMILES string of the molecule is CCCCCCCCCCN[C@@H]1CCCN(CCC(F)(F)F)C1. The second kappa shape index (κ2) is 12.1. The van der Waals surface area contributed by atoms with Crippen LogP contribution in [0, 0.1) is 0 Å². The number of likely N-dealkylation sites (tertiary alicyclic amines) is 1.